The minimum Gasteiger partial charge on any atom is -0.390 e. The fraction of sp³-hybridized carbons (Fsp3) is 0.609. The van der Waals surface area contributed by atoms with E-state index < -0.39 is 0 Å². The van der Waals surface area contributed by atoms with Crippen molar-refractivity contribution < 1.29 is 14.6 Å². The summed E-state index contributed by atoms with van der Waals surface area (Å²) in [5, 5.41) is 11.4. The van der Waals surface area contributed by atoms with Gasteiger partial charge in [-0.3, -0.25) is 0 Å². The van der Waals surface area contributed by atoms with Gasteiger partial charge in [-0.25, -0.2) is 15.0 Å². The highest BCUT2D eigenvalue weighted by Crippen LogP contribution is 2.38. The van der Waals surface area contributed by atoms with Gasteiger partial charge >= 0.3 is 0 Å². The van der Waals surface area contributed by atoms with Gasteiger partial charge in [-0.15, -0.1) is 0 Å². The van der Waals surface area contributed by atoms with Crippen molar-refractivity contribution in [3.05, 3.63) is 28.7 Å². The molecule has 0 amide bonds. The molecule has 2 fully saturated rings. The van der Waals surface area contributed by atoms with Crippen LogP contribution in [0.4, 0.5) is 11.6 Å². The molecule has 2 aromatic rings. The van der Waals surface area contributed by atoms with Gasteiger partial charge in [-0.2, -0.15) is 0 Å². The van der Waals surface area contributed by atoms with Gasteiger partial charge in [0.05, 0.1) is 36.6 Å². The van der Waals surface area contributed by atoms with Gasteiger partial charge in [0.25, 0.3) is 0 Å². The molecule has 0 radical (unpaired) electrons. The van der Waals surface area contributed by atoms with Crippen molar-refractivity contribution in [3.8, 4) is 0 Å². The number of aliphatic hydroxyl groups excluding tert-OH is 1. The summed E-state index contributed by atoms with van der Waals surface area (Å²) in [6.45, 7) is 8.74. The predicted molar refractivity (Wildman–Crippen MR) is 134 cm³/mol. The van der Waals surface area contributed by atoms with Crippen LogP contribution in [0, 0.1) is 6.92 Å². The van der Waals surface area contributed by atoms with E-state index >= 15 is 0 Å². The number of aromatic nitrogens is 3. The highest BCUT2D eigenvalue weighted by Gasteiger charge is 2.23. The zero-order valence-corrected chi connectivity index (χ0v) is 21.3. The fourth-order valence-electron chi connectivity index (χ4n) is 4.09. The molecule has 0 unspecified atom stereocenters. The second-order valence-corrected chi connectivity index (χ2v) is 9.97. The van der Waals surface area contributed by atoms with E-state index in [0.29, 0.717) is 41.4 Å². The molecule has 4 rings (SSSR count). The number of hydrogen-bond donors (Lipinski definition) is 2. The Morgan fingerprint density at radius 3 is 2.68 bits per heavy atom. The van der Waals surface area contributed by atoms with Crippen LogP contribution in [0.25, 0.3) is 0 Å². The van der Waals surface area contributed by atoms with Crippen molar-refractivity contribution >= 4 is 35.0 Å². The summed E-state index contributed by atoms with van der Waals surface area (Å²) < 4.78 is 11.3. The van der Waals surface area contributed by atoms with Crippen LogP contribution in [0.5, 0.6) is 0 Å². The number of aryl methyl sites for hydroxylation is 1. The highest BCUT2D eigenvalue weighted by molar-refractivity contribution is 7.99. The molecule has 4 heterocycles. The van der Waals surface area contributed by atoms with E-state index in [2.05, 4.69) is 14.8 Å². The molecule has 0 aliphatic carbocycles. The molecule has 9 nitrogen and oxygen atoms in total. The number of anilines is 2. The number of aliphatic hydroxyl groups is 1. The maximum Gasteiger partial charge on any atom is 0.153 e. The van der Waals surface area contributed by atoms with Crippen LogP contribution in [0.2, 0.25) is 5.02 Å². The van der Waals surface area contributed by atoms with Crippen molar-refractivity contribution in [2.45, 2.75) is 55.4 Å². The van der Waals surface area contributed by atoms with E-state index in [9.17, 15) is 5.11 Å². The van der Waals surface area contributed by atoms with E-state index in [4.69, 9.17) is 36.8 Å². The van der Waals surface area contributed by atoms with Gasteiger partial charge in [0.1, 0.15) is 16.5 Å². The number of hydrogen-bond acceptors (Lipinski definition) is 10. The summed E-state index contributed by atoms with van der Waals surface area (Å²) in [7, 11) is 0. The zero-order valence-electron chi connectivity index (χ0n) is 19.7. The Morgan fingerprint density at radius 2 is 1.91 bits per heavy atom. The van der Waals surface area contributed by atoms with E-state index in [-0.39, 0.29) is 18.8 Å². The van der Waals surface area contributed by atoms with Crippen LogP contribution >= 0.6 is 23.4 Å². The molecular formula is C23H33ClN6O3S. The Kier molecular flexibility index (Phi) is 8.84. The molecule has 0 bridgehead atoms. The first-order chi connectivity index (χ1) is 16.5. The SMILES string of the molecule is Cc1nc(N2CCCO[C@@H](C)[C@@H](N)CC2)c(CO)nc1Sc1ccnc(N2CCOCC2)c1Cl. The third kappa shape index (κ3) is 5.92. The number of pyridine rings is 1. The largest absolute Gasteiger partial charge is 0.390 e. The molecule has 0 spiro atoms. The lowest BCUT2D eigenvalue weighted by molar-refractivity contribution is 0.0493. The van der Waals surface area contributed by atoms with E-state index in [1.807, 2.05) is 19.9 Å². The predicted octanol–water partition coefficient (Wildman–Crippen LogP) is 2.65. The second kappa shape index (κ2) is 11.8. The summed E-state index contributed by atoms with van der Waals surface area (Å²) in [5.41, 5.74) is 7.61. The third-order valence-corrected chi connectivity index (χ3v) is 7.79. The van der Waals surface area contributed by atoms with Gasteiger partial charge in [-0.05, 0) is 32.8 Å². The molecule has 34 heavy (non-hydrogen) atoms. The summed E-state index contributed by atoms with van der Waals surface area (Å²) in [6.07, 6.45) is 3.42. The van der Waals surface area contributed by atoms with E-state index in [1.165, 1.54) is 11.8 Å². The first-order valence-electron chi connectivity index (χ1n) is 11.7. The van der Waals surface area contributed by atoms with Crippen LogP contribution in [0.15, 0.2) is 22.2 Å². The van der Waals surface area contributed by atoms with Gasteiger partial charge in [0.2, 0.25) is 0 Å². The highest BCUT2D eigenvalue weighted by atomic mass is 35.5. The number of ether oxygens (including phenoxy) is 2. The van der Waals surface area contributed by atoms with Gasteiger partial charge in [-0.1, -0.05) is 23.4 Å². The second-order valence-electron chi connectivity index (χ2n) is 8.56. The molecule has 0 saturated carbocycles. The van der Waals surface area contributed by atoms with Gasteiger partial charge in [0.15, 0.2) is 5.82 Å². The first kappa shape index (κ1) is 25.4. The molecule has 2 aliphatic rings. The molecule has 2 saturated heterocycles. The lowest BCUT2D eigenvalue weighted by Gasteiger charge is -2.29. The minimum atomic E-state index is -0.200. The molecule has 11 heteroatoms. The maximum absolute atomic E-state index is 10.1. The quantitative estimate of drug-likeness (QED) is 0.625. The monoisotopic (exact) mass is 508 g/mol. The van der Waals surface area contributed by atoms with Crippen LogP contribution in [0.3, 0.4) is 0 Å². The van der Waals surface area contributed by atoms with Crippen LogP contribution in [0.1, 0.15) is 31.2 Å². The average Bonchev–Trinajstić information content (AvgIpc) is 2.93. The van der Waals surface area contributed by atoms with E-state index in [0.717, 1.165) is 55.4 Å². The number of nitrogens with zero attached hydrogens (tertiary/aromatic N) is 5. The molecular weight excluding hydrogens is 476 g/mol. The number of morpholine rings is 1. The van der Waals surface area contributed by atoms with E-state index in [1.54, 1.807) is 6.20 Å². The Hall–Kier alpha value is -1.69. The van der Waals surface area contributed by atoms with Gasteiger partial charge in [0, 0.05) is 49.9 Å². The summed E-state index contributed by atoms with van der Waals surface area (Å²) in [5.74, 6) is 1.46. The van der Waals surface area contributed by atoms with Crippen molar-refractivity contribution in [2.75, 3.05) is 55.8 Å². The molecule has 0 aromatic carbocycles. The number of nitrogens with two attached hydrogens (primary N) is 1. The topological polar surface area (TPSA) is 110 Å². The Balaban J connectivity index is 1.57. The first-order valence-corrected chi connectivity index (χ1v) is 12.9. The Labute approximate surface area is 210 Å². The van der Waals surface area contributed by atoms with Crippen LogP contribution < -0.4 is 15.5 Å². The molecule has 2 atom stereocenters. The summed E-state index contributed by atoms with van der Waals surface area (Å²) in [6, 6.07) is 1.84. The standard InChI is InChI=1S/C23H33ClN6O3S/c1-15-23(34-19-4-6-26-22(20(19)24)30-9-12-32-13-10-30)28-18(14-31)21(27-15)29-7-3-11-33-16(2)17(25)5-8-29/h4,6,16-17,31H,3,5,7-14,25H2,1-2H3/t16-,17-/m0/s1. The van der Waals surface area contributed by atoms with Crippen molar-refractivity contribution in [1.82, 2.24) is 15.0 Å². The van der Waals surface area contributed by atoms with Crippen molar-refractivity contribution in [2.24, 2.45) is 5.73 Å². The molecule has 2 aromatic heterocycles. The Morgan fingerprint density at radius 1 is 1.15 bits per heavy atom. The number of rotatable bonds is 5. The minimum absolute atomic E-state index is 0.0244. The zero-order chi connectivity index (χ0) is 24.1. The number of halogens is 1. The summed E-state index contributed by atoms with van der Waals surface area (Å²) >= 11 is 8.19. The molecule has 3 N–H and O–H groups in total. The van der Waals surface area contributed by atoms with Crippen molar-refractivity contribution in [1.29, 1.82) is 0 Å². The Bertz CT molecular complexity index is 978. The maximum atomic E-state index is 10.1. The summed E-state index contributed by atoms with van der Waals surface area (Å²) in [4.78, 5) is 19.3. The fourth-order valence-corrected chi connectivity index (χ4v) is 5.30. The lowest BCUT2D eigenvalue weighted by Crippen LogP contribution is -2.37. The normalized spacial score (nSPS) is 22.3. The third-order valence-electron chi connectivity index (χ3n) is 6.17. The lowest BCUT2D eigenvalue weighted by atomic mass is 10.1. The smallest absolute Gasteiger partial charge is 0.153 e. The van der Waals surface area contributed by atoms with Crippen molar-refractivity contribution in [3.63, 3.8) is 0 Å². The molecule has 186 valence electrons. The van der Waals surface area contributed by atoms with Gasteiger partial charge < -0.3 is 30.1 Å². The average molecular weight is 509 g/mol. The van der Waals surface area contributed by atoms with Crippen LogP contribution in [-0.4, -0.2) is 78.2 Å². The molecule has 2 aliphatic heterocycles. The van der Waals surface area contributed by atoms with Crippen LogP contribution in [-0.2, 0) is 16.1 Å².